The molecule has 170 valence electrons. The minimum absolute atomic E-state index is 0.0189. The highest BCUT2D eigenvalue weighted by atomic mass is 32.2. The van der Waals surface area contributed by atoms with E-state index in [-0.39, 0.29) is 16.8 Å². The molecule has 0 N–H and O–H groups in total. The van der Waals surface area contributed by atoms with Crippen molar-refractivity contribution in [3.05, 3.63) is 95.3 Å². The molecule has 2 nitrogen and oxygen atoms in total. The van der Waals surface area contributed by atoms with Gasteiger partial charge in [0.15, 0.2) is 29.3 Å². The van der Waals surface area contributed by atoms with E-state index < -0.39 is 34.9 Å². The minimum atomic E-state index is -3.41. The quantitative estimate of drug-likeness (QED) is 0.269. The third kappa shape index (κ3) is 3.15. The number of alkyl halides is 2. The maximum Gasteiger partial charge on any atom is 0.197 e. The van der Waals surface area contributed by atoms with Crippen molar-refractivity contribution in [3.8, 4) is 6.07 Å². The maximum atomic E-state index is 15.3. The summed E-state index contributed by atoms with van der Waals surface area (Å²) in [7, 11) is 0. The van der Waals surface area contributed by atoms with Crippen molar-refractivity contribution in [2.24, 2.45) is 0 Å². The topological polar surface area (TPSA) is 27.0 Å². The molecule has 0 saturated heterocycles. The fraction of sp³-hybridized carbons (Fsp3) is 0.115. The second-order valence-electron chi connectivity index (χ2n) is 7.98. The van der Waals surface area contributed by atoms with Crippen LogP contribution in [0.1, 0.15) is 18.1 Å². The number of hydrogen-bond donors (Lipinski definition) is 0. The molecule has 0 bridgehead atoms. The van der Waals surface area contributed by atoms with Gasteiger partial charge in [-0.15, -0.1) is 0 Å². The van der Waals surface area contributed by atoms with E-state index in [1.807, 2.05) is 30.3 Å². The van der Waals surface area contributed by atoms with Gasteiger partial charge in [0.25, 0.3) is 0 Å². The van der Waals surface area contributed by atoms with Crippen LogP contribution in [0.25, 0.3) is 5.57 Å². The molecule has 34 heavy (non-hydrogen) atoms. The zero-order chi connectivity index (χ0) is 24.2. The zero-order valence-corrected chi connectivity index (χ0v) is 18.4. The second-order valence-corrected chi connectivity index (χ2v) is 9.06. The van der Waals surface area contributed by atoms with Crippen LogP contribution in [-0.2, 0) is 0 Å². The molecular formula is C26H15F5N2S. The predicted molar refractivity (Wildman–Crippen MR) is 122 cm³/mol. The molecule has 3 aromatic rings. The molecule has 0 aromatic heterocycles. The number of hydrogen-bond acceptors (Lipinski definition) is 3. The van der Waals surface area contributed by atoms with Gasteiger partial charge in [-0.05, 0) is 37.3 Å². The van der Waals surface area contributed by atoms with E-state index in [0.29, 0.717) is 18.3 Å². The molecular weight excluding hydrogens is 467 g/mol. The Labute approximate surface area is 196 Å². The number of rotatable bonds is 2. The molecule has 2 aliphatic rings. The zero-order valence-electron chi connectivity index (χ0n) is 17.6. The number of para-hydroxylation sites is 3. The van der Waals surface area contributed by atoms with E-state index in [0.717, 1.165) is 9.79 Å². The summed E-state index contributed by atoms with van der Waals surface area (Å²) >= 11 is 1.47. The van der Waals surface area contributed by atoms with Gasteiger partial charge in [-0.1, -0.05) is 48.2 Å². The number of anilines is 3. The number of allylic oxidation sites excluding steroid dienone is 4. The second kappa shape index (κ2) is 8.03. The van der Waals surface area contributed by atoms with Crippen LogP contribution in [0.15, 0.2) is 94.0 Å². The van der Waals surface area contributed by atoms with Crippen LogP contribution in [0.4, 0.5) is 39.0 Å². The van der Waals surface area contributed by atoms with Crippen LogP contribution < -0.4 is 4.90 Å². The molecule has 2 atom stereocenters. The predicted octanol–water partition coefficient (Wildman–Crippen LogP) is 8.40. The van der Waals surface area contributed by atoms with Gasteiger partial charge in [0.05, 0.1) is 28.2 Å². The fourth-order valence-corrected chi connectivity index (χ4v) is 5.24. The smallest absolute Gasteiger partial charge is 0.197 e. The van der Waals surface area contributed by atoms with Gasteiger partial charge >= 0.3 is 0 Å². The lowest BCUT2D eigenvalue weighted by atomic mass is 9.85. The van der Waals surface area contributed by atoms with Gasteiger partial charge in [0, 0.05) is 15.4 Å². The average molecular weight is 482 g/mol. The van der Waals surface area contributed by atoms with Crippen LogP contribution in [0.5, 0.6) is 0 Å². The fourth-order valence-electron chi connectivity index (χ4n) is 4.18. The molecule has 1 aliphatic carbocycles. The first kappa shape index (κ1) is 22.2. The highest BCUT2D eigenvalue weighted by Gasteiger charge is 2.50. The third-order valence-electron chi connectivity index (χ3n) is 5.86. The number of halogens is 5. The summed E-state index contributed by atoms with van der Waals surface area (Å²) in [6.07, 6.45) is -3.12. The van der Waals surface area contributed by atoms with E-state index in [1.54, 1.807) is 29.2 Å². The number of benzene rings is 3. The van der Waals surface area contributed by atoms with Crippen LogP contribution in [0, 0.1) is 11.3 Å². The average Bonchev–Trinajstić information content (AvgIpc) is 2.85. The highest BCUT2D eigenvalue weighted by molar-refractivity contribution is 7.99. The van der Waals surface area contributed by atoms with Crippen molar-refractivity contribution in [3.63, 3.8) is 0 Å². The van der Waals surface area contributed by atoms with E-state index in [9.17, 15) is 18.4 Å². The van der Waals surface area contributed by atoms with E-state index in [4.69, 9.17) is 0 Å². The van der Waals surface area contributed by atoms with Gasteiger partial charge in [-0.3, -0.25) is 0 Å². The lowest BCUT2D eigenvalue weighted by Gasteiger charge is -2.35. The molecule has 3 aromatic carbocycles. The van der Waals surface area contributed by atoms with E-state index >= 15 is 8.78 Å². The minimum Gasteiger partial charge on any atom is -0.306 e. The van der Waals surface area contributed by atoms with Gasteiger partial charge in [-0.25, -0.2) is 22.0 Å². The number of nitrogens with zero attached hydrogens (tertiary/aromatic N) is 2. The third-order valence-corrected chi connectivity index (χ3v) is 6.99. The Morgan fingerprint density at radius 2 is 1.50 bits per heavy atom. The summed E-state index contributed by atoms with van der Waals surface area (Å²) in [6.45, 7) is 0.523. The largest absolute Gasteiger partial charge is 0.306 e. The molecule has 1 aliphatic heterocycles. The van der Waals surface area contributed by atoms with Crippen molar-refractivity contribution in [2.75, 3.05) is 4.90 Å². The van der Waals surface area contributed by atoms with Gasteiger partial charge in [0.1, 0.15) is 6.07 Å². The number of nitriles is 1. The van der Waals surface area contributed by atoms with Gasteiger partial charge < -0.3 is 4.90 Å². The Kier molecular flexibility index (Phi) is 5.25. The summed E-state index contributed by atoms with van der Waals surface area (Å²) in [5.74, 6) is -5.63. The Hall–Kier alpha value is -3.57. The molecule has 0 saturated carbocycles. The Balaban J connectivity index is 1.87. The first-order chi connectivity index (χ1) is 16.3. The lowest BCUT2D eigenvalue weighted by molar-refractivity contribution is 0.0816. The molecule has 1 heterocycles. The molecule has 2 unspecified atom stereocenters. The summed E-state index contributed by atoms with van der Waals surface area (Å²) in [5.41, 5.74) is -3.45. The van der Waals surface area contributed by atoms with Crippen molar-refractivity contribution >= 4 is 34.4 Å². The molecule has 5 rings (SSSR count). The summed E-state index contributed by atoms with van der Waals surface area (Å²) < 4.78 is 73.8. The first-order valence-electron chi connectivity index (χ1n) is 10.3. The van der Waals surface area contributed by atoms with Crippen molar-refractivity contribution in [1.82, 2.24) is 0 Å². The monoisotopic (exact) mass is 482 g/mol. The normalized spacial score (nSPS) is 21.8. The maximum absolute atomic E-state index is 15.3. The lowest BCUT2D eigenvalue weighted by Crippen LogP contribution is -2.37. The Bertz CT molecular complexity index is 1390. The molecule has 0 spiro atoms. The van der Waals surface area contributed by atoms with Crippen molar-refractivity contribution < 1.29 is 22.0 Å². The molecule has 0 amide bonds. The Morgan fingerprint density at radius 3 is 2.09 bits per heavy atom. The summed E-state index contributed by atoms with van der Waals surface area (Å²) in [4.78, 5) is 3.25. The van der Waals surface area contributed by atoms with Crippen molar-refractivity contribution in [1.29, 1.82) is 5.26 Å². The summed E-state index contributed by atoms with van der Waals surface area (Å²) in [6, 6.07) is 20.5. The van der Waals surface area contributed by atoms with Gasteiger partial charge in [0.2, 0.25) is 0 Å². The van der Waals surface area contributed by atoms with Crippen LogP contribution >= 0.6 is 11.8 Å². The molecule has 0 fully saturated rings. The number of fused-ring (bicyclic) bond motifs is 2. The first-order valence-corrected chi connectivity index (χ1v) is 11.1. The SMILES string of the molecule is CC1(F)C(F)=C(c2cccc(C#N)c2N2c3ccccc3Sc3ccccc32)C(F)=C(F)C1F. The van der Waals surface area contributed by atoms with Crippen LogP contribution in [0.3, 0.4) is 0 Å². The van der Waals surface area contributed by atoms with E-state index in [2.05, 4.69) is 0 Å². The summed E-state index contributed by atoms with van der Waals surface area (Å²) in [5, 5.41) is 9.89. The van der Waals surface area contributed by atoms with Crippen LogP contribution in [0.2, 0.25) is 0 Å². The standard InChI is InChI=1S/C26H15F5N2S/c1-26(31)24(29)20(21(27)22(28)25(26)30)15-8-6-7-14(13-32)23(15)33-16-9-2-4-11-18(16)34-19-12-5-3-10-17(19)33/h2-12,25H,1H3. The Morgan fingerprint density at radius 1 is 0.912 bits per heavy atom. The van der Waals surface area contributed by atoms with Crippen molar-refractivity contribution in [2.45, 2.75) is 28.6 Å². The van der Waals surface area contributed by atoms with E-state index in [1.165, 1.54) is 30.0 Å². The van der Waals surface area contributed by atoms with Gasteiger partial charge in [-0.2, -0.15) is 5.26 Å². The molecule has 0 radical (unpaired) electrons. The molecule has 8 heteroatoms. The van der Waals surface area contributed by atoms with Crippen LogP contribution in [-0.4, -0.2) is 11.8 Å². The highest BCUT2D eigenvalue weighted by Crippen LogP contribution is 2.55.